The molecule has 1 heterocycles. The van der Waals surface area contributed by atoms with E-state index in [4.69, 9.17) is 4.42 Å². The second-order valence-electron chi connectivity index (χ2n) is 3.97. The van der Waals surface area contributed by atoms with Gasteiger partial charge in [0, 0.05) is 5.92 Å². The van der Waals surface area contributed by atoms with Gasteiger partial charge in [-0.15, -0.1) is 5.10 Å². The van der Waals surface area contributed by atoms with E-state index in [1.54, 1.807) is 0 Å². The highest BCUT2D eigenvalue weighted by Gasteiger charge is 2.16. The van der Waals surface area contributed by atoms with Gasteiger partial charge in [0.25, 0.3) is 0 Å². The molecule has 0 aliphatic carbocycles. The zero-order chi connectivity index (χ0) is 12.3. The van der Waals surface area contributed by atoms with Gasteiger partial charge in [-0.1, -0.05) is 32.0 Å². The van der Waals surface area contributed by atoms with Crippen LogP contribution in [0.15, 0.2) is 39.5 Å². The van der Waals surface area contributed by atoms with Crippen LogP contribution >= 0.6 is 0 Å². The Morgan fingerprint density at radius 2 is 1.88 bits per heavy atom. The number of nitrogens with zero attached hydrogens (tertiary/aromatic N) is 2. The minimum atomic E-state index is -0.418. The molecule has 0 spiro atoms. The van der Waals surface area contributed by atoms with Crippen LogP contribution in [-0.2, 0) is 0 Å². The lowest BCUT2D eigenvalue weighted by Gasteiger charge is -2.04. The monoisotopic (exact) mass is 232 g/mol. The molecule has 4 nitrogen and oxygen atoms in total. The van der Waals surface area contributed by atoms with Gasteiger partial charge in [0.15, 0.2) is 0 Å². The Morgan fingerprint density at radius 3 is 2.47 bits per heavy atom. The highest BCUT2D eigenvalue weighted by Crippen LogP contribution is 2.20. The van der Waals surface area contributed by atoms with Gasteiger partial charge in [0.1, 0.15) is 0 Å². The third kappa shape index (κ3) is 2.30. The molecule has 4 heteroatoms. The molecule has 0 radical (unpaired) electrons. The number of benzene rings is 1. The number of aromatic nitrogens is 2. The molecule has 0 amide bonds. The van der Waals surface area contributed by atoms with E-state index in [0.717, 1.165) is 18.5 Å². The maximum atomic E-state index is 11.7. The first-order valence-electron chi connectivity index (χ1n) is 5.91. The molecule has 0 unspecified atom stereocenters. The molecule has 0 atom stereocenters. The van der Waals surface area contributed by atoms with Crippen molar-refractivity contribution in [1.82, 2.24) is 9.78 Å². The van der Waals surface area contributed by atoms with E-state index in [2.05, 4.69) is 18.9 Å². The van der Waals surface area contributed by atoms with Gasteiger partial charge in [0.05, 0.1) is 5.69 Å². The SMILES string of the molecule is CCC(CC)c1nn(-c2ccccc2)c(=O)o1. The Hall–Kier alpha value is -1.84. The summed E-state index contributed by atoms with van der Waals surface area (Å²) in [7, 11) is 0. The van der Waals surface area contributed by atoms with Crippen LogP contribution in [0.3, 0.4) is 0 Å². The first kappa shape index (κ1) is 11.6. The molecule has 0 N–H and O–H groups in total. The molecule has 2 rings (SSSR count). The van der Waals surface area contributed by atoms with E-state index in [9.17, 15) is 4.79 Å². The standard InChI is InChI=1S/C13H16N2O2/c1-3-10(4-2)12-14-15(13(16)17-12)11-8-6-5-7-9-11/h5-10H,3-4H2,1-2H3. The van der Waals surface area contributed by atoms with Crippen LogP contribution in [0.2, 0.25) is 0 Å². The van der Waals surface area contributed by atoms with Crippen LogP contribution in [0.25, 0.3) is 5.69 Å². The van der Waals surface area contributed by atoms with Gasteiger partial charge >= 0.3 is 5.76 Å². The van der Waals surface area contributed by atoms with E-state index < -0.39 is 5.76 Å². The van der Waals surface area contributed by atoms with Gasteiger partial charge in [-0.3, -0.25) is 0 Å². The minimum absolute atomic E-state index is 0.215. The summed E-state index contributed by atoms with van der Waals surface area (Å²) in [5, 5.41) is 4.26. The van der Waals surface area contributed by atoms with E-state index >= 15 is 0 Å². The van der Waals surface area contributed by atoms with Crippen molar-refractivity contribution in [1.29, 1.82) is 0 Å². The highest BCUT2D eigenvalue weighted by atomic mass is 16.4. The van der Waals surface area contributed by atoms with Crippen molar-refractivity contribution in [3.63, 3.8) is 0 Å². The minimum Gasteiger partial charge on any atom is -0.392 e. The maximum absolute atomic E-state index is 11.7. The summed E-state index contributed by atoms with van der Waals surface area (Å²) in [6.07, 6.45) is 1.84. The van der Waals surface area contributed by atoms with Crippen LogP contribution in [0.4, 0.5) is 0 Å². The molecular weight excluding hydrogens is 216 g/mol. The Kier molecular flexibility index (Phi) is 3.42. The highest BCUT2D eigenvalue weighted by molar-refractivity contribution is 5.29. The molecule has 2 aromatic rings. The predicted octanol–water partition coefficient (Wildman–Crippen LogP) is 2.73. The van der Waals surface area contributed by atoms with Gasteiger partial charge < -0.3 is 4.42 Å². The van der Waals surface area contributed by atoms with Gasteiger partial charge in [-0.05, 0) is 25.0 Å². The predicted molar refractivity (Wildman–Crippen MR) is 65.4 cm³/mol. The summed E-state index contributed by atoms with van der Waals surface area (Å²) in [5.41, 5.74) is 0.735. The molecule has 17 heavy (non-hydrogen) atoms. The summed E-state index contributed by atoms with van der Waals surface area (Å²) < 4.78 is 6.52. The van der Waals surface area contributed by atoms with Crippen molar-refractivity contribution >= 4 is 0 Å². The lowest BCUT2D eigenvalue weighted by atomic mass is 10.0. The number of para-hydroxylation sites is 1. The van der Waals surface area contributed by atoms with Gasteiger partial charge in [-0.25, -0.2) is 4.79 Å². The first-order chi connectivity index (χ1) is 8.26. The smallest absolute Gasteiger partial charge is 0.392 e. The van der Waals surface area contributed by atoms with Crippen molar-refractivity contribution in [3.8, 4) is 5.69 Å². The summed E-state index contributed by atoms with van der Waals surface area (Å²) in [6.45, 7) is 4.13. The molecular formula is C13H16N2O2. The molecule has 0 saturated carbocycles. The molecule has 0 fully saturated rings. The lowest BCUT2D eigenvalue weighted by molar-refractivity contribution is 0.409. The molecule has 0 aliphatic heterocycles. The Labute approximate surface area is 99.9 Å². The van der Waals surface area contributed by atoms with Gasteiger partial charge in [-0.2, -0.15) is 4.68 Å². The molecule has 1 aromatic heterocycles. The summed E-state index contributed by atoms with van der Waals surface area (Å²) in [5.74, 6) is 0.328. The van der Waals surface area contributed by atoms with Crippen molar-refractivity contribution in [2.75, 3.05) is 0 Å². The van der Waals surface area contributed by atoms with E-state index in [1.165, 1.54) is 4.68 Å². The molecule has 1 aromatic carbocycles. The van der Waals surface area contributed by atoms with E-state index in [1.807, 2.05) is 30.3 Å². The average Bonchev–Trinajstić information content (AvgIpc) is 2.74. The van der Waals surface area contributed by atoms with Crippen molar-refractivity contribution in [2.24, 2.45) is 0 Å². The fraction of sp³-hybridized carbons (Fsp3) is 0.385. The third-order valence-corrected chi connectivity index (χ3v) is 2.90. The first-order valence-corrected chi connectivity index (χ1v) is 5.91. The zero-order valence-electron chi connectivity index (χ0n) is 10.1. The molecule has 0 bridgehead atoms. The van der Waals surface area contributed by atoms with Crippen LogP contribution in [0.5, 0.6) is 0 Å². The van der Waals surface area contributed by atoms with Crippen molar-refractivity contribution < 1.29 is 4.42 Å². The lowest BCUT2D eigenvalue weighted by Crippen LogP contribution is -2.13. The molecule has 0 saturated heterocycles. The Balaban J connectivity index is 2.41. The normalized spacial score (nSPS) is 11.0. The fourth-order valence-corrected chi connectivity index (χ4v) is 1.83. The molecule has 0 aliphatic rings. The second-order valence-corrected chi connectivity index (χ2v) is 3.97. The van der Waals surface area contributed by atoms with Crippen LogP contribution in [0, 0.1) is 0 Å². The van der Waals surface area contributed by atoms with E-state index in [0.29, 0.717) is 5.89 Å². The van der Waals surface area contributed by atoms with Crippen LogP contribution < -0.4 is 5.76 Å². The van der Waals surface area contributed by atoms with Crippen molar-refractivity contribution in [3.05, 3.63) is 46.8 Å². The summed E-state index contributed by atoms with van der Waals surface area (Å²) in [4.78, 5) is 11.7. The number of hydrogen-bond donors (Lipinski definition) is 0. The topological polar surface area (TPSA) is 48.0 Å². The quantitative estimate of drug-likeness (QED) is 0.814. The number of rotatable bonds is 4. The third-order valence-electron chi connectivity index (χ3n) is 2.90. The summed E-state index contributed by atoms with van der Waals surface area (Å²) >= 11 is 0. The largest absolute Gasteiger partial charge is 0.441 e. The second kappa shape index (κ2) is 4.99. The Bertz CT molecular complexity index is 524. The van der Waals surface area contributed by atoms with Crippen LogP contribution in [-0.4, -0.2) is 9.78 Å². The Morgan fingerprint density at radius 1 is 1.24 bits per heavy atom. The summed E-state index contributed by atoms with van der Waals surface area (Å²) in [6, 6.07) is 9.30. The zero-order valence-corrected chi connectivity index (χ0v) is 10.1. The van der Waals surface area contributed by atoms with Gasteiger partial charge in [0.2, 0.25) is 5.89 Å². The average molecular weight is 232 g/mol. The molecule has 90 valence electrons. The number of hydrogen-bond acceptors (Lipinski definition) is 3. The van der Waals surface area contributed by atoms with E-state index in [-0.39, 0.29) is 5.92 Å². The maximum Gasteiger partial charge on any atom is 0.441 e. The van der Waals surface area contributed by atoms with Crippen LogP contribution in [0.1, 0.15) is 38.5 Å². The fourth-order valence-electron chi connectivity index (χ4n) is 1.83. The van der Waals surface area contributed by atoms with Crippen molar-refractivity contribution in [2.45, 2.75) is 32.6 Å².